The molecule has 0 aromatic heterocycles. The zero-order chi connectivity index (χ0) is 9.26. The minimum atomic E-state index is -0.705. The molecule has 3 nitrogen and oxygen atoms in total. The van der Waals surface area contributed by atoms with Crippen LogP contribution < -0.4 is 0 Å². The van der Waals surface area contributed by atoms with E-state index in [2.05, 4.69) is 6.08 Å². The molecule has 2 bridgehead atoms. The molecule has 2 N–H and O–H groups in total. The monoisotopic (exact) mass is 184 g/mol. The second-order valence-corrected chi connectivity index (χ2v) is 3.85. The van der Waals surface area contributed by atoms with Crippen LogP contribution in [0.5, 0.6) is 0 Å². The van der Waals surface area contributed by atoms with Crippen LogP contribution >= 0.6 is 0 Å². The zero-order valence-electron chi connectivity index (χ0n) is 7.65. The largest absolute Gasteiger partial charge is 0.492 e. The number of fused-ring (bicyclic) bond motifs is 2. The molecule has 0 saturated carbocycles. The molecule has 3 atom stereocenters. The highest BCUT2D eigenvalue weighted by atomic mass is 16.5. The SMILES string of the molecule is OC1CCC2=CCCCC(O2)C1O. The molecular formula is C10H16O3. The maximum Gasteiger partial charge on any atom is 0.127 e. The Hall–Kier alpha value is -0.540. The fourth-order valence-electron chi connectivity index (χ4n) is 1.99. The molecule has 0 amide bonds. The van der Waals surface area contributed by atoms with Crippen LogP contribution in [0.4, 0.5) is 0 Å². The second-order valence-electron chi connectivity index (χ2n) is 3.85. The van der Waals surface area contributed by atoms with Gasteiger partial charge in [-0.2, -0.15) is 0 Å². The molecule has 0 aromatic carbocycles. The van der Waals surface area contributed by atoms with Gasteiger partial charge in [0.2, 0.25) is 0 Å². The first-order chi connectivity index (χ1) is 6.27. The van der Waals surface area contributed by atoms with Crippen molar-refractivity contribution in [1.82, 2.24) is 0 Å². The summed E-state index contributed by atoms with van der Waals surface area (Å²) in [5.41, 5.74) is 0. The maximum absolute atomic E-state index is 9.69. The van der Waals surface area contributed by atoms with Gasteiger partial charge < -0.3 is 14.9 Å². The fourth-order valence-corrected chi connectivity index (χ4v) is 1.99. The van der Waals surface area contributed by atoms with Crippen LogP contribution in [0, 0.1) is 0 Å². The van der Waals surface area contributed by atoms with Crippen molar-refractivity contribution in [2.75, 3.05) is 0 Å². The predicted octanol–water partition coefficient (Wildman–Crippen LogP) is 0.955. The van der Waals surface area contributed by atoms with Crippen LogP contribution in [0.3, 0.4) is 0 Å². The van der Waals surface area contributed by atoms with E-state index in [9.17, 15) is 10.2 Å². The molecule has 13 heavy (non-hydrogen) atoms. The van der Waals surface area contributed by atoms with Gasteiger partial charge in [0.25, 0.3) is 0 Å². The molecule has 0 radical (unpaired) electrons. The highest BCUT2D eigenvalue weighted by molar-refractivity contribution is 5.01. The first kappa shape index (κ1) is 9.03. The lowest BCUT2D eigenvalue weighted by atomic mass is 9.99. The highest BCUT2D eigenvalue weighted by Gasteiger charge is 2.32. The Morgan fingerprint density at radius 2 is 2.15 bits per heavy atom. The van der Waals surface area contributed by atoms with Gasteiger partial charge in [-0.1, -0.05) is 0 Å². The molecule has 74 valence electrons. The molecule has 0 aromatic rings. The average molecular weight is 184 g/mol. The van der Waals surface area contributed by atoms with Crippen molar-refractivity contribution in [2.45, 2.75) is 50.4 Å². The van der Waals surface area contributed by atoms with Gasteiger partial charge >= 0.3 is 0 Å². The molecule has 3 heteroatoms. The lowest BCUT2D eigenvalue weighted by Crippen LogP contribution is -2.36. The molecule has 0 spiro atoms. The number of aliphatic hydroxyl groups is 2. The number of ether oxygens (including phenoxy) is 1. The Balaban J connectivity index is 2.16. The minimum Gasteiger partial charge on any atom is -0.492 e. The van der Waals surface area contributed by atoms with E-state index in [4.69, 9.17) is 4.74 Å². The van der Waals surface area contributed by atoms with Gasteiger partial charge in [0.1, 0.15) is 12.2 Å². The number of hydrogen-bond donors (Lipinski definition) is 2. The Bertz CT molecular complexity index is 212. The van der Waals surface area contributed by atoms with Gasteiger partial charge in [0, 0.05) is 6.42 Å². The van der Waals surface area contributed by atoms with Gasteiger partial charge in [0.05, 0.1) is 11.9 Å². The van der Waals surface area contributed by atoms with Crippen molar-refractivity contribution < 1.29 is 14.9 Å². The summed E-state index contributed by atoms with van der Waals surface area (Å²) >= 11 is 0. The average Bonchev–Trinajstić information content (AvgIpc) is 2.43. The van der Waals surface area contributed by atoms with Crippen LogP contribution in [0.25, 0.3) is 0 Å². The first-order valence-corrected chi connectivity index (χ1v) is 4.99. The molecular weight excluding hydrogens is 168 g/mol. The van der Waals surface area contributed by atoms with E-state index in [-0.39, 0.29) is 6.10 Å². The molecule has 2 aliphatic heterocycles. The summed E-state index contributed by atoms with van der Waals surface area (Å²) in [4.78, 5) is 0. The van der Waals surface area contributed by atoms with Crippen molar-refractivity contribution in [2.24, 2.45) is 0 Å². The Morgan fingerprint density at radius 1 is 1.31 bits per heavy atom. The summed E-state index contributed by atoms with van der Waals surface area (Å²) in [6, 6.07) is 0. The third-order valence-corrected chi connectivity index (χ3v) is 2.83. The molecule has 2 heterocycles. The minimum absolute atomic E-state index is 0.189. The second kappa shape index (κ2) is 3.68. The van der Waals surface area contributed by atoms with Gasteiger partial charge in [-0.05, 0) is 31.8 Å². The Kier molecular flexibility index (Phi) is 2.56. The predicted molar refractivity (Wildman–Crippen MR) is 48.1 cm³/mol. The molecule has 2 rings (SSSR count). The quantitative estimate of drug-likeness (QED) is 0.589. The standard InChI is InChI=1S/C10H16O3/c11-8-6-5-7-3-1-2-4-9(13-7)10(8)12/h3,8-12H,1-2,4-6H2. The number of hydrogen-bond acceptors (Lipinski definition) is 3. The molecule has 1 saturated heterocycles. The third-order valence-electron chi connectivity index (χ3n) is 2.83. The number of allylic oxidation sites excluding steroid dienone is 2. The lowest BCUT2D eigenvalue weighted by Gasteiger charge is -2.22. The molecule has 1 fully saturated rings. The van der Waals surface area contributed by atoms with Gasteiger partial charge in [-0.15, -0.1) is 0 Å². The number of rotatable bonds is 0. The van der Waals surface area contributed by atoms with E-state index in [0.29, 0.717) is 6.42 Å². The van der Waals surface area contributed by atoms with Gasteiger partial charge in [0.15, 0.2) is 0 Å². The van der Waals surface area contributed by atoms with Crippen molar-refractivity contribution in [3.05, 3.63) is 11.8 Å². The summed E-state index contributed by atoms with van der Waals surface area (Å²) in [6.07, 6.45) is 4.87. The summed E-state index contributed by atoms with van der Waals surface area (Å²) in [5, 5.41) is 19.2. The van der Waals surface area contributed by atoms with Crippen LogP contribution in [0.2, 0.25) is 0 Å². The van der Waals surface area contributed by atoms with Crippen molar-refractivity contribution in [3.8, 4) is 0 Å². The van der Waals surface area contributed by atoms with E-state index in [0.717, 1.165) is 31.4 Å². The van der Waals surface area contributed by atoms with E-state index in [1.54, 1.807) is 0 Å². The van der Waals surface area contributed by atoms with Crippen LogP contribution in [-0.4, -0.2) is 28.5 Å². The van der Waals surface area contributed by atoms with E-state index < -0.39 is 12.2 Å². The summed E-state index contributed by atoms with van der Waals surface area (Å²) in [6.45, 7) is 0. The van der Waals surface area contributed by atoms with E-state index in [1.165, 1.54) is 0 Å². The van der Waals surface area contributed by atoms with Crippen LogP contribution in [0.1, 0.15) is 32.1 Å². The van der Waals surface area contributed by atoms with Crippen molar-refractivity contribution >= 4 is 0 Å². The first-order valence-electron chi connectivity index (χ1n) is 4.99. The topological polar surface area (TPSA) is 49.7 Å². The fraction of sp³-hybridized carbons (Fsp3) is 0.800. The van der Waals surface area contributed by atoms with Crippen LogP contribution in [0.15, 0.2) is 11.8 Å². The Morgan fingerprint density at radius 3 is 3.00 bits per heavy atom. The highest BCUT2D eigenvalue weighted by Crippen LogP contribution is 2.28. The van der Waals surface area contributed by atoms with Crippen molar-refractivity contribution in [3.63, 3.8) is 0 Å². The normalized spacial score (nSPS) is 39.8. The van der Waals surface area contributed by atoms with Crippen LogP contribution in [-0.2, 0) is 4.74 Å². The molecule has 3 unspecified atom stereocenters. The molecule has 0 aliphatic carbocycles. The zero-order valence-corrected chi connectivity index (χ0v) is 7.65. The summed E-state index contributed by atoms with van der Waals surface area (Å²) in [5.74, 6) is 0.957. The number of aliphatic hydroxyl groups excluding tert-OH is 2. The van der Waals surface area contributed by atoms with Gasteiger partial charge in [-0.3, -0.25) is 0 Å². The summed E-state index contributed by atoms with van der Waals surface area (Å²) < 4.78 is 5.61. The third kappa shape index (κ3) is 1.86. The lowest BCUT2D eigenvalue weighted by molar-refractivity contribution is -0.0585. The maximum atomic E-state index is 9.69. The smallest absolute Gasteiger partial charge is 0.127 e. The van der Waals surface area contributed by atoms with E-state index >= 15 is 0 Å². The van der Waals surface area contributed by atoms with Gasteiger partial charge in [-0.25, -0.2) is 0 Å². The molecule has 2 aliphatic rings. The van der Waals surface area contributed by atoms with Crippen molar-refractivity contribution in [1.29, 1.82) is 0 Å². The van der Waals surface area contributed by atoms with E-state index in [1.807, 2.05) is 0 Å². The Labute approximate surface area is 78.0 Å². The summed E-state index contributed by atoms with van der Waals surface area (Å²) in [7, 11) is 0.